The van der Waals surface area contributed by atoms with E-state index in [9.17, 15) is 9.59 Å². The predicted molar refractivity (Wildman–Crippen MR) is 124 cm³/mol. The van der Waals surface area contributed by atoms with Gasteiger partial charge < -0.3 is 24.4 Å². The van der Waals surface area contributed by atoms with Gasteiger partial charge in [0.2, 0.25) is 0 Å². The normalized spacial score (nSPS) is 16.7. The summed E-state index contributed by atoms with van der Waals surface area (Å²) in [7, 11) is 0. The van der Waals surface area contributed by atoms with Crippen molar-refractivity contribution in [1.82, 2.24) is 0 Å². The first-order valence-corrected chi connectivity index (χ1v) is 10.6. The molecule has 0 bridgehead atoms. The van der Waals surface area contributed by atoms with Gasteiger partial charge in [-0.3, -0.25) is 9.59 Å². The number of ketones is 1. The van der Waals surface area contributed by atoms with Gasteiger partial charge in [-0.1, -0.05) is 74.8 Å². The molecule has 5 heteroatoms. The van der Waals surface area contributed by atoms with Crippen LogP contribution in [0.1, 0.15) is 87.1 Å². The minimum absolute atomic E-state index is 0. The summed E-state index contributed by atoms with van der Waals surface area (Å²) >= 11 is 0. The van der Waals surface area contributed by atoms with Crippen LogP contribution in [0.5, 0.6) is 0 Å². The number of carbonyl (C=O) groups excluding carboxylic acids is 2. The van der Waals surface area contributed by atoms with Crippen molar-refractivity contribution in [2.24, 2.45) is 5.92 Å². The Morgan fingerprint density at radius 2 is 1.48 bits per heavy atom. The molecule has 1 aromatic rings. The number of Topliss-reactive ketones (excluding diaryl/α,β-unsaturated/α-hetero) is 1. The van der Waals surface area contributed by atoms with Crippen LogP contribution in [0.15, 0.2) is 24.3 Å². The number of esters is 1. The minimum atomic E-state index is -1.00. The largest absolute Gasteiger partial charge is 2.00 e. The van der Waals surface area contributed by atoms with Crippen LogP contribution in [0.3, 0.4) is 0 Å². The topological polar surface area (TPSA) is 47.7 Å². The Hall–Kier alpha value is -1.63. The molecule has 1 unspecified atom stereocenters. The third kappa shape index (κ3) is 11.0. The van der Waals surface area contributed by atoms with Gasteiger partial charge in [0.1, 0.15) is 0 Å². The van der Waals surface area contributed by atoms with Crippen molar-refractivity contribution in [3.8, 4) is 0 Å². The van der Waals surface area contributed by atoms with Gasteiger partial charge in [0.15, 0.2) is 12.4 Å². The molecule has 0 aliphatic heterocycles. The first-order valence-electron chi connectivity index (χ1n) is 10.6. The summed E-state index contributed by atoms with van der Waals surface area (Å²) in [4.78, 5) is 27.9. The molecular formula is C26H39FeNO3. The molecule has 2 saturated carbocycles. The number of rotatable bonds is 6. The van der Waals surface area contributed by atoms with E-state index in [0.29, 0.717) is 5.56 Å². The fourth-order valence-corrected chi connectivity index (χ4v) is 3.70. The maximum atomic E-state index is 12.3. The number of hydrogen-bond acceptors (Lipinski definition) is 3. The molecule has 0 heterocycles. The van der Waals surface area contributed by atoms with Gasteiger partial charge in [0, 0.05) is 12.5 Å². The average Bonchev–Trinajstić information content (AvgIpc) is 3.43. The van der Waals surface area contributed by atoms with Gasteiger partial charge in [-0.2, -0.15) is 0 Å². The molecule has 2 fully saturated rings. The molecule has 4 nitrogen and oxygen atoms in total. The number of hydrogen-bond donors (Lipinski definition) is 0. The smallest absolute Gasteiger partial charge is 0.457 e. The summed E-state index contributed by atoms with van der Waals surface area (Å²) in [5, 5.41) is 0. The van der Waals surface area contributed by atoms with E-state index in [1.54, 1.807) is 19.1 Å². The first-order chi connectivity index (χ1) is 13.4. The van der Waals surface area contributed by atoms with Crippen molar-refractivity contribution in [2.75, 3.05) is 6.61 Å². The van der Waals surface area contributed by atoms with Crippen molar-refractivity contribution in [3.63, 3.8) is 0 Å². The zero-order valence-electron chi connectivity index (χ0n) is 19.7. The summed E-state index contributed by atoms with van der Waals surface area (Å²) in [6, 6.07) is 7.30. The van der Waals surface area contributed by atoms with Crippen LogP contribution in [-0.2, 0) is 26.6 Å². The van der Waals surface area contributed by atoms with E-state index >= 15 is 0 Å². The van der Waals surface area contributed by atoms with Crippen molar-refractivity contribution in [1.29, 1.82) is 0 Å². The molecule has 174 valence electrons. The number of carbonyl (C=O) groups is 2. The van der Waals surface area contributed by atoms with E-state index in [1.165, 1.54) is 32.1 Å². The molecule has 1 atom stereocenters. The van der Waals surface area contributed by atoms with Gasteiger partial charge >= 0.3 is 23.0 Å². The number of aryl methyl sites for hydroxylation is 1. The predicted octanol–water partition coefficient (Wildman–Crippen LogP) is 6.83. The maximum absolute atomic E-state index is 12.3. The summed E-state index contributed by atoms with van der Waals surface area (Å²) in [5.74, 6) is -0.349. The maximum Gasteiger partial charge on any atom is 2.00 e. The van der Waals surface area contributed by atoms with Crippen LogP contribution in [0.2, 0.25) is 0 Å². The van der Waals surface area contributed by atoms with E-state index in [-0.39, 0.29) is 62.6 Å². The van der Waals surface area contributed by atoms with Crippen LogP contribution in [0.4, 0.5) is 0 Å². The third-order valence-electron chi connectivity index (χ3n) is 5.65. The third-order valence-corrected chi connectivity index (χ3v) is 5.65. The molecule has 0 radical (unpaired) electrons. The second kappa shape index (κ2) is 16.1. The summed E-state index contributed by atoms with van der Waals surface area (Å²) in [6.45, 7) is 11.0. The van der Waals surface area contributed by atoms with Gasteiger partial charge in [-0.25, -0.2) is 6.57 Å². The quantitative estimate of drug-likeness (QED) is 0.199. The SMILES string of the molecule is C1CCCC1.[C-]#[N+]C(C)(COC(=O)C1CCCC1)CC(=O)c1ccc(C)cc1.[CH3-].[CH3-].[Fe+2]. The van der Waals surface area contributed by atoms with E-state index in [2.05, 4.69) is 4.85 Å². The van der Waals surface area contributed by atoms with Crippen LogP contribution < -0.4 is 0 Å². The van der Waals surface area contributed by atoms with E-state index in [4.69, 9.17) is 11.3 Å². The Bertz CT molecular complexity index is 678. The Labute approximate surface area is 200 Å². The van der Waals surface area contributed by atoms with Gasteiger partial charge in [0.05, 0.1) is 12.3 Å². The molecule has 3 rings (SSSR count). The Morgan fingerprint density at radius 3 is 1.94 bits per heavy atom. The molecule has 2 aliphatic carbocycles. The second-order valence-corrected chi connectivity index (χ2v) is 8.43. The van der Waals surface area contributed by atoms with Crippen molar-refractivity contribution in [3.05, 3.63) is 61.7 Å². The Kier molecular flexibility index (Phi) is 16.4. The standard InChI is InChI=1S/C19H23NO3.C5H10.2CH3.Fe/c1-14-8-10-15(11-9-14)17(21)12-19(2,20-3)13-23-18(22)16-6-4-5-7-16;1-2-4-5-3-1;;;/h8-11,16H,4-7,12-13H2,1-2H3;1-5H2;2*1H3;/q;;2*-1;+2. The van der Waals surface area contributed by atoms with Gasteiger partial charge in [-0.05, 0) is 19.8 Å². The molecule has 31 heavy (non-hydrogen) atoms. The van der Waals surface area contributed by atoms with E-state index < -0.39 is 5.54 Å². The van der Waals surface area contributed by atoms with E-state index in [1.807, 2.05) is 19.1 Å². The Balaban J connectivity index is 0. The fourth-order valence-electron chi connectivity index (χ4n) is 3.70. The summed E-state index contributed by atoms with van der Waals surface area (Å²) in [5.41, 5.74) is 0.670. The molecular weight excluding hydrogens is 430 g/mol. The van der Waals surface area contributed by atoms with Crippen LogP contribution in [0.25, 0.3) is 4.85 Å². The van der Waals surface area contributed by atoms with Crippen LogP contribution in [-0.4, -0.2) is 23.9 Å². The first kappa shape index (κ1) is 31.6. The number of ether oxygens (including phenoxy) is 1. The molecule has 0 amide bonds. The summed E-state index contributed by atoms with van der Waals surface area (Å²) in [6.07, 6.45) is 11.4. The molecule has 0 N–H and O–H groups in total. The number of benzene rings is 1. The molecule has 0 saturated heterocycles. The van der Waals surface area contributed by atoms with Crippen molar-refractivity contribution in [2.45, 2.75) is 83.6 Å². The number of nitrogens with zero attached hydrogens (tertiary/aromatic N) is 1. The van der Waals surface area contributed by atoms with E-state index in [0.717, 1.165) is 31.2 Å². The molecule has 0 aromatic heterocycles. The molecule has 1 aromatic carbocycles. The molecule has 2 aliphatic rings. The Morgan fingerprint density at radius 1 is 1.00 bits per heavy atom. The van der Waals surface area contributed by atoms with Crippen molar-refractivity contribution >= 4 is 11.8 Å². The van der Waals surface area contributed by atoms with Gasteiger partial charge in [-0.15, -0.1) is 0 Å². The zero-order valence-corrected chi connectivity index (χ0v) is 20.8. The minimum Gasteiger partial charge on any atom is -0.457 e. The average molecular weight is 469 g/mol. The fraction of sp³-hybridized carbons (Fsp3) is 0.577. The van der Waals surface area contributed by atoms with Gasteiger partial charge in [0.25, 0.3) is 5.54 Å². The van der Waals surface area contributed by atoms with Crippen LogP contribution in [0, 0.1) is 34.3 Å². The van der Waals surface area contributed by atoms with Crippen LogP contribution >= 0.6 is 0 Å². The monoisotopic (exact) mass is 469 g/mol. The zero-order chi connectivity index (χ0) is 20.4. The molecule has 0 spiro atoms. The van der Waals surface area contributed by atoms with Crippen molar-refractivity contribution < 1.29 is 31.4 Å². The second-order valence-electron chi connectivity index (χ2n) is 8.43. The summed E-state index contributed by atoms with van der Waals surface area (Å²) < 4.78 is 5.33.